The number of piperidine rings is 1. The van der Waals surface area contributed by atoms with Gasteiger partial charge < -0.3 is 16.0 Å². The summed E-state index contributed by atoms with van der Waals surface area (Å²) in [5, 5.41) is 9.46. The van der Waals surface area contributed by atoms with Crippen LogP contribution in [0.2, 0.25) is 0 Å². The molecule has 0 aromatic carbocycles. The maximum atomic E-state index is 12.4. The standard InChI is InChI=1S/C13H21N5O2/c1-3-9-10(14)11(17-16-9)13(20)18-6-4-8(5-7-18)12(19)15-2/h8H,3-7,14H2,1-2H3,(H,15,19)(H,16,17). The Morgan fingerprint density at radius 3 is 2.60 bits per heavy atom. The topological polar surface area (TPSA) is 104 Å². The first-order valence-corrected chi connectivity index (χ1v) is 6.92. The molecule has 4 N–H and O–H groups in total. The number of nitrogen functional groups attached to an aromatic ring is 1. The van der Waals surface area contributed by atoms with Gasteiger partial charge in [0.05, 0.1) is 11.4 Å². The van der Waals surface area contributed by atoms with Gasteiger partial charge in [0, 0.05) is 26.1 Å². The fourth-order valence-electron chi connectivity index (χ4n) is 2.52. The molecule has 0 aliphatic carbocycles. The Morgan fingerprint density at radius 1 is 1.45 bits per heavy atom. The number of nitrogens with one attached hydrogen (secondary N) is 2. The molecule has 20 heavy (non-hydrogen) atoms. The van der Waals surface area contributed by atoms with E-state index in [0.717, 1.165) is 5.69 Å². The highest BCUT2D eigenvalue weighted by atomic mass is 16.2. The fourth-order valence-corrected chi connectivity index (χ4v) is 2.52. The zero-order valence-corrected chi connectivity index (χ0v) is 11.9. The molecule has 7 nitrogen and oxygen atoms in total. The van der Waals surface area contributed by atoms with Gasteiger partial charge >= 0.3 is 0 Å². The Morgan fingerprint density at radius 2 is 2.10 bits per heavy atom. The van der Waals surface area contributed by atoms with Crippen molar-refractivity contribution >= 4 is 17.5 Å². The summed E-state index contributed by atoms with van der Waals surface area (Å²) in [7, 11) is 1.64. The predicted octanol–water partition coefficient (Wildman–Crippen LogP) is 0.153. The van der Waals surface area contributed by atoms with Gasteiger partial charge in [-0.15, -0.1) is 0 Å². The Hall–Kier alpha value is -2.05. The quantitative estimate of drug-likeness (QED) is 0.732. The molecule has 7 heteroatoms. The normalized spacial score (nSPS) is 16.2. The molecule has 1 fully saturated rings. The second kappa shape index (κ2) is 5.94. The number of aromatic nitrogens is 2. The molecule has 110 valence electrons. The van der Waals surface area contributed by atoms with E-state index in [0.29, 0.717) is 43.7 Å². The highest BCUT2D eigenvalue weighted by molar-refractivity contribution is 5.97. The number of carbonyl (C=O) groups excluding carboxylic acids is 2. The summed E-state index contributed by atoms with van der Waals surface area (Å²) >= 11 is 0. The summed E-state index contributed by atoms with van der Waals surface area (Å²) in [6, 6.07) is 0. The van der Waals surface area contributed by atoms with Crippen LogP contribution in [0, 0.1) is 5.92 Å². The fraction of sp³-hybridized carbons (Fsp3) is 0.615. The number of aryl methyl sites for hydroxylation is 1. The SMILES string of the molecule is CCc1[nH]nc(C(=O)N2CCC(C(=O)NC)CC2)c1N. The van der Waals surface area contributed by atoms with E-state index < -0.39 is 0 Å². The number of aromatic amines is 1. The lowest BCUT2D eigenvalue weighted by Crippen LogP contribution is -2.42. The van der Waals surface area contributed by atoms with Crippen molar-refractivity contribution in [3.8, 4) is 0 Å². The van der Waals surface area contributed by atoms with Crippen LogP contribution in [0.15, 0.2) is 0 Å². The van der Waals surface area contributed by atoms with Gasteiger partial charge in [-0.2, -0.15) is 5.10 Å². The Balaban J connectivity index is 2.01. The number of anilines is 1. The molecular weight excluding hydrogens is 258 g/mol. The second-order valence-corrected chi connectivity index (χ2v) is 5.00. The van der Waals surface area contributed by atoms with Gasteiger partial charge in [-0.05, 0) is 19.3 Å². The van der Waals surface area contributed by atoms with Crippen LogP contribution in [0.25, 0.3) is 0 Å². The number of hydrogen-bond acceptors (Lipinski definition) is 4. The highest BCUT2D eigenvalue weighted by Crippen LogP contribution is 2.21. The minimum absolute atomic E-state index is 0.00761. The van der Waals surface area contributed by atoms with Crippen LogP contribution >= 0.6 is 0 Å². The van der Waals surface area contributed by atoms with Crippen molar-refractivity contribution in [1.82, 2.24) is 20.4 Å². The van der Waals surface area contributed by atoms with E-state index in [9.17, 15) is 9.59 Å². The lowest BCUT2D eigenvalue weighted by molar-refractivity contribution is -0.125. The molecule has 0 radical (unpaired) electrons. The van der Waals surface area contributed by atoms with Gasteiger partial charge in [-0.1, -0.05) is 6.92 Å². The van der Waals surface area contributed by atoms with E-state index in [2.05, 4.69) is 15.5 Å². The summed E-state index contributed by atoms with van der Waals surface area (Å²) in [6.07, 6.45) is 2.07. The van der Waals surface area contributed by atoms with Crippen LogP contribution in [0.3, 0.4) is 0 Å². The third-order valence-electron chi connectivity index (χ3n) is 3.84. The van der Waals surface area contributed by atoms with Gasteiger partial charge in [0.1, 0.15) is 0 Å². The molecule has 1 aromatic rings. The molecule has 1 aliphatic rings. The van der Waals surface area contributed by atoms with Crippen molar-refractivity contribution < 1.29 is 9.59 Å². The maximum Gasteiger partial charge on any atom is 0.276 e. The van der Waals surface area contributed by atoms with Crippen molar-refractivity contribution in [2.24, 2.45) is 5.92 Å². The first-order valence-electron chi connectivity index (χ1n) is 6.92. The first kappa shape index (κ1) is 14.4. The molecule has 0 unspecified atom stereocenters. The summed E-state index contributed by atoms with van der Waals surface area (Å²) in [4.78, 5) is 25.6. The summed E-state index contributed by atoms with van der Waals surface area (Å²) in [5.74, 6) is -0.120. The van der Waals surface area contributed by atoms with E-state index in [-0.39, 0.29) is 17.7 Å². The van der Waals surface area contributed by atoms with Crippen molar-refractivity contribution in [1.29, 1.82) is 0 Å². The molecule has 0 bridgehead atoms. The number of nitrogens with two attached hydrogens (primary N) is 1. The summed E-state index contributed by atoms with van der Waals surface area (Å²) in [6.45, 7) is 3.07. The number of amides is 2. The third kappa shape index (κ3) is 2.61. The van der Waals surface area contributed by atoms with Crippen LogP contribution in [0.5, 0.6) is 0 Å². The lowest BCUT2D eigenvalue weighted by atomic mass is 9.96. The van der Waals surface area contributed by atoms with Gasteiger partial charge in [0.2, 0.25) is 5.91 Å². The summed E-state index contributed by atoms with van der Waals surface area (Å²) < 4.78 is 0. The smallest absolute Gasteiger partial charge is 0.276 e. The number of likely N-dealkylation sites (tertiary alicyclic amines) is 1. The molecule has 1 aromatic heterocycles. The Labute approximate surface area is 117 Å². The van der Waals surface area contributed by atoms with E-state index >= 15 is 0 Å². The van der Waals surface area contributed by atoms with E-state index in [1.807, 2.05) is 6.92 Å². The molecule has 0 atom stereocenters. The second-order valence-electron chi connectivity index (χ2n) is 5.00. The molecule has 1 saturated heterocycles. The zero-order valence-electron chi connectivity index (χ0n) is 11.9. The number of nitrogens with zero attached hydrogens (tertiary/aromatic N) is 2. The molecule has 0 spiro atoms. The largest absolute Gasteiger partial charge is 0.395 e. The zero-order chi connectivity index (χ0) is 14.7. The van der Waals surface area contributed by atoms with Gasteiger partial charge in [0.15, 0.2) is 5.69 Å². The van der Waals surface area contributed by atoms with E-state index in [1.165, 1.54) is 0 Å². The van der Waals surface area contributed by atoms with Crippen LogP contribution in [0.1, 0.15) is 35.9 Å². The first-order chi connectivity index (χ1) is 9.58. The maximum absolute atomic E-state index is 12.4. The number of H-pyrrole nitrogens is 1. The monoisotopic (exact) mass is 279 g/mol. The number of carbonyl (C=O) groups is 2. The van der Waals surface area contributed by atoms with Gasteiger partial charge in [-0.3, -0.25) is 14.7 Å². The minimum Gasteiger partial charge on any atom is -0.395 e. The minimum atomic E-state index is -0.159. The average Bonchev–Trinajstić information content (AvgIpc) is 2.86. The average molecular weight is 279 g/mol. The highest BCUT2D eigenvalue weighted by Gasteiger charge is 2.29. The lowest BCUT2D eigenvalue weighted by Gasteiger charge is -2.30. The molecule has 2 amide bonds. The molecule has 2 rings (SSSR count). The van der Waals surface area contributed by atoms with Crippen LogP contribution < -0.4 is 11.1 Å². The van der Waals surface area contributed by atoms with Crippen LogP contribution in [-0.4, -0.2) is 47.0 Å². The molecule has 2 heterocycles. The Bertz CT molecular complexity index is 503. The number of rotatable bonds is 3. The molecule has 1 aliphatic heterocycles. The van der Waals surface area contributed by atoms with Crippen molar-refractivity contribution in [3.63, 3.8) is 0 Å². The number of hydrogen-bond donors (Lipinski definition) is 3. The summed E-state index contributed by atoms with van der Waals surface area (Å²) in [5.41, 5.74) is 7.43. The molecular formula is C13H21N5O2. The van der Waals surface area contributed by atoms with E-state index in [4.69, 9.17) is 5.73 Å². The van der Waals surface area contributed by atoms with E-state index in [1.54, 1.807) is 11.9 Å². The van der Waals surface area contributed by atoms with Crippen molar-refractivity contribution in [2.75, 3.05) is 25.9 Å². The van der Waals surface area contributed by atoms with Crippen molar-refractivity contribution in [3.05, 3.63) is 11.4 Å². The predicted molar refractivity (Wildman–Crippen MR) is 75.1 cm³/mol. The van der Waals surface area contributed by atoms with Gasteiger partial charge in [-0.25, -0.2) is 0 Å². The van der Waals surface area contributed by atoms with Crippen molar-refractivity contribution in [2.45, 2.75) is 26.2 Å². The van der Waals surface area contributed by atoms with Crippen LogP contribution in [0.4, 0.5) is 5.69 Å². The third-order valence-corrected chi connectivity index (χ3v) is 3.84. The van der Waals surface area contributed by atoms with Crippen LogP contribution in [-0.2, 0) is 11.2 Å². The molecule has 0 saturated carbocycles. The van der Waals surface area contributed by atoms with Gasteiger partial charge in [0.25, 0.3) is 5.91 Å². The Kier molecular flexibility index (Phi) is 4.26.